The van der Waals surface area contributed by atoms with Crippen molar-refractivity contribution in [1.82, 2.24) is 30.2 Å². The van der Waals surface area contributed by atoms with Gasteiger partial charge in [-0.3, -0.25) is 0 Å². The quantitative estimate of drug-likeness (QED) is 0.238. The Bertz CT molecular complexity index is 1750. The van der Waals surface area contributed by atoms with E-state index in [1.165, 1.54) is 41.5 Å². The Morgan fingerprint density at radius 1 is 0.974 bits per heavy atom. The highest BCUT2D eigenvalue weighted by molar-refractivity contribution is 6.31. The van der Waals surface area contributed by atoms with Crippen molar-refractivity contribution < 1.29 is 13.5 Å². The average Bonchev–Trinajstić information content (AvgIpc) is 3.59. The van der Waals surface area contributed by atoms with Crippen LogP contribution in [-0.4, -0.2) is 30.2 Å². The molecule has 0 bridgehead atoms. The molecule has 3 aromatic heterocycles. The highest BCUT2D eigenvalue weighted by Gasteiger charge is 2.27. The van der Waals surface area contributed by atoms with Crippen LogP contribution in [0.15, 0.2) is 85.3 Å². The number of nitrogens with zero attached hydrogens (tertiary/aromatic N) is 6. The van der Waals surface area contributed by atoms with Gasteiger partial charge in [0, 0.05) is 22.2 Å². The molecule has 0 saturated heterocycles. The first-order chi connectivity index (χ1) is 18.4. The summed E-state index contributed by atoms with van der Waals surface area (Å²) < 4.78 is 29.6. The van der Waals surface area contributed by atoms with Crippen molar-refractivity contribution >= 4 is 22.6 Å². The Hall–Kier alpha value is -4.70. The number of aromatic amines is 1. The number of halogens is 3. The Labute approximate surface area is 219 Å². The van der Waals surface area contributed by atoms with E-state index in [0.29, 0.717) is 50.8 Å². The zero-order chi connectivity index (χ0) is 26.2. The predicted molar refractivity (Wildman–Crippen MR) is 137 cm³/mol. The molecule has 38 heavy (non-hydrogen) atoms. The molecule has 0 amide bonds. The molecule has 0 spiro atoms. The smallest absolute Gasteiger partial charge is 0.203 e. The molecule has 8 nitrogen and oxygen atoms in total. The molecule has 1 atom stereocenters. The van der Waals surface area contributed by atoms with Crippen LogP contribution in [0.25, 0.3) is 27.8 Å². The Balaban J connectivity index is 1.45. The number of fused-ring (bicyclic) bond motifs is 1. The number of imidazole rings is 1. The van der Waals surface area contributed by atoms with Gasteiger partial charge in [-0.15, -0.1) is 5.10 Å². The first-order valence-electron chi connectivity index (χ1n) is 11.6. The van der Waals surface area contributed by atoms with Gasteiger partial charge in [0.15, 0.2) is 6.20 Å². The summed E-state index contributed by atoms with van der Waals surface area (Å²) in [4.78, 5) is 7.79. The van der Waals surface area contributed by atoms with Crippen molar-refractivity contribution in [1.29, 1.82) is 0 Å². The average molecular weight is 530 g/mol. The van der Waals surface area contributed by atoms with Crippen LogP contribution in [0.4, 0.5) is 8.78 Å². The van der Waals surface area contributed by atoms with Crippen LogP contribution in [-0.2, 0) is 6.42 Å². The second kappa shape index (κ2) is 9.64. The molecule has 3 aromatic carbocycles. The lowest BCUT2D eigenvalue weighted by Gasteiger charge is -2.16. The summed E-state index contributed by atoms with van der Waals surface area (Å²) in [5, 5.41) is 25.3. The van der Waals surface area contributed by atoms with Crippen LogP contribution in [0.3, 0.4) is 0 Å². The van der Waals surface area contributed by atoms with Gasteiger partial charge in [-0.25, -0.2) is 13.8 Å². The number of H-pyrrole nitrogens is 1. The third kappa shape index (κ3) is 4.57. The molecule has 3 heterocycles. The molecule has 11 heteroatoms. The number of nitrogens with one attached hydrogen (secondary N) is 1. The van der Waals surface area contributed by atoms with Crippen LogP contribution in [0.1, 0.15) is 23.0 Å². The molecule has 6 aromatic rings. The normalized spacial score (nSPS) is 12.2. The summed E-state index contributed by atoms with van der Waals surface area (Å²) in [6, 6.07) is 19.1. The molecule has 0 unspecified atom stereocenters. The number of hydrogen-bond acceptors (Lipinski definition) is 5. The number of benzene rings is 3. The highest BCUT2D eigenvalue weighted by atomic mass is 35.5. The van der Waals surface area contributed by atoms with Crippen LogP contribution in [0, 0.1) is 16.8 Å². The third-order valence-electron chi connectivity index (χ3n) is 6.31. The van der Waals surface area contributed by atoms with Crippen molar-refractivity contribution in [2.75, 3.05) is 0 Å². The van der Waals surface area contributed by atoms with Crippen LogP contribution < -0.4 is 4.73 Å². The SMILES string of the molecule is [O-][n+]1cc(-c2cc(Cl)ccc2-n2cnnn2)ccc1[C@@H](Cc1ccc(F)cc1)c1nc2ccc(F)cc2[nH]1. The van der Waals surface area contributed by atoms with Crippen LogP contribution in [0.2, 0.25) is 5.02 Å². The molecular weight excluding hydrogens is 512 g/mol. The van der Waals surface area contributed by atoms with Gasteiger partial charge in [-0.05, 0) is 77.0 Å². The highest BCUT2D eigenvalue weighted by Crippen LogP contribution is 2.31. The molecule has 0 aliphatic rings. The first kappa shape index (κ1) is 23.7. The maximum atomic E-state index is 13.8. The monoisotopic (exact) mass is 529 g/mol. The summed E-state index contributed by atoms with van der Waals surface area (Å²) in [6.45, 7) is 0. The molecule has 1 N–H and O–H groups in total. The zero-order valence-electron chi connectivity index (χ0n) is 19.6. The van der Waals surface area contributed by atoms with Gasteiger partial charge in [-0.1, -0.05) is 23.7 Å². The molecule has 188 valence electrons. The molecule has 6 rings (SSSR count). The molecule has 0 radical (unpaired) electrons. The van der Waals surface area contributed by atoms with Crippen molar-refractivity contribution in [2.45, 2.75) is 12.3 Å². The predicted octanol–water partition coefficient (Wildman–Crippen LogP) is 5.15. The van der Waals surface area contributed by atoms with Crippen molar-refractivity contribution in [3.63, 3.8) is 0 Å². The molecule has 0 fully saturated rings. The fraction of sp³-hybridized carbons (Fsp3) is 0.0741. The molecule has 0 aliphatic carbocycles. The Morgan fingerprint density at radius 3 is 2.55 bits per heavy atom. The van der Waals surface area contributed by atoms with Crippen molar-refractivity contribution in [3.05, 3.63) is 124 Å². The van der Waals surface area contributed by atoms with Gasteiger partial charge in [0.05, 0.1) is 16.7 Å². The van der Waals surface area contributed by atoms with Gasteiger partial charge in [-0.2, -0.15) is 9.41 Å². The van der Waals surface area contributed by atoms with E-state index in [-0.39, 0.29) is 5.82 Å². The van der Waals surface area contributed by atoms with Crippen LogP contribution in [0.5, 0.6) is 0 Å². The number of aromatic nitrogens is 7. The summed E-state index contributed by atoms with van der Waals surface area (Å²) in [7, 11) is 0. The van der Waals surface area contributed by atoms with E-state index in [4.69, 9.17) is 11.6 Å². The number of hydrogen-bond donors (Lipinski definition) is 1. The lowest BCUT2D eigenvalue weighted by Crippen LogP contribution is -2.34. The molecule has 0 saturated carbocycles. The summed E-state index contributed by atoms with van der Waals surface area (Å²) >= 11 is 6.27. The standard InChI is InChI=1S/C27H18ClF2N7O/c28-18-4-10-25(36-15-31-34-35-36)21(12-18)17-3-9-26(37(38)14-17)22(11-16-1-5-19(29)6-2-16)27-32-23-8-7-20(30)13-24(23)33-27/h1-10,12-15,22H,11H2,(H,32,33)/t22-/m1/s1. The first-order valence-corrected chi connectivity index (χ1v) is 12.0. The lowest BCUT2D eigenvalue weighted by atomic mass is 9.94. The van der Waals surface area contributed by atoms with Crippen molar-refractivity contribution in [3.8, 4) is 16.8 Å². The van der Waals surface area contributed by atoms with E-state index in [1.807, 2.05) is 6.07 Å². The fourth-order valence-electron chi connectivity index (χ4n) is 4.50. The van der Waals surface area contributed by atoms with E-state index >= 15 is 0 Å². The van der Waals surface area contributed by atoms with Gasteiger partial charge in [0.1, 0.15) is 29.7 Å². The third-order valence-corrected chi connectivity index (χ3v) is 6.55. The van der Waals surface area contributed by atoms with Gasteiger partial charge >= 0.3 is 0 Å². The minimum absolute atomic E-state index is 0.354. The number of rotatable bonds is 6. The molecule has 0 aliphatic heterocycles. The van der Waals surface area contributed by atoms with Gasteiger partial charge < -0.3 is 10.2 Å². The van der Waals surface area contributed by atoms with E-state index in [1.54, 1.807) is 42.5 Å². The maximum absolute atomic E-state index is 13.8. The topological polar surface area (TPSA) is 99.2 Å². The molecular formula is C27H18ClF2N7O. The van der Waals surface area contributed by atoms with E-state index in [2.05, 4.69) is 25.5 Å². The van der Waals surface area contributed by atoms with Gasteiger partial charge in [0.2, 0.25) is 5.69 Å². The second-order valence-electron chi connectivity index (χ2n) is 8.75. The van der Waals surface area contributed by atoms with Gasteiger partial charge in [0.25, 0.3) is 0 Å². The fourth-order valence-corrected chi connectivity index (χ4v) is 4.67. The Morgan fingerprint density at radius 2 is 1.79 bits per heavy atom. The second-order valence-corrected chi connectivity index (χ2v) is 9.19. The summed E-state index contributed by atoms with van der Waals surface area (Å²) in [5.41, 5.74) is 4.22. The number of pyridine rings is 1. The summed E-state index contributed by atoms with van der Waals surface area (Å²) in [6.07, 6.45) is 3.27. The minimum atomic E-state index is -0.527. The van der Waals surface area contributed by atoms with Crippen LogP contribution >= 0.6 is 11.6 Å². The largest absolute Gasteiger partial charge is 0.618 e. The van der Waals surface area contributed by atoms with E-state index in [0.717, 1.165) is 10.3 Å². The Kier molecular flexibility index (Phi) is 6.01. The van der Waals surface area contributed by atoms with E-state index < -0.39 is 11.7 Å². The summed E-state index contributed by atoms with van der Waals surface area (Å²) in [5.74, 6) is -0.788. The van der Waals surface area contributed by atoms with E-state index in [9.17, 15) is 14.0 Å². The minimum Gasteiger partial charge on any atom is -0.618 e. The number of tetrazole rings is 1. The lowest BCUT2D eigenvalue weighted by molar-refractivity contribution is -0.614. The zero-order valence-corrected chi connectivity index (χ0v) is 20.3. The maximum Gasteiger partial charge on any atom is 0.203 e. The van der Waals surface area contributed by atoms with Crippen molar-refractivity contribution in [2.24, 2.45) is 0 Å².